The number of hydrogen-bond donors (Lipinski definition) is 1. The molecule has 1 saturated carbocycles. The number of nitrogens with zero attached hydrogens (tertiary/aromatic N) is 1. The van der Waals surface area contributed by atoms with Crippen molar-refractivity contribution in [3.63, 3.8) is 0 Å². The van der Waals surface area contributed by atoms with Crippen molar-refractivity contribution in [3.8, 4) is 5.75 Å². The molecule has 0 aliphatic heterocycles. The Kier molecular flexibility index (Phi) is 5.23. The predicted octanol–water partition coefficient (Wildman–Crippen LogP) is 2.78. The molecular formula is C16H26N2O. The normalized spacial score (nSPS) is 14.9. The molecular weight excluding hydrogens is 236 g/mol. The Hall–Kier alpha value is -1.06. The molecule has 0 heterocycles. The Bertz CT molecular complexity index is 402. The quantitative estimate of drug-likeness (QED) is 0.783. The minimum Gasteiger partial charge on any atom is -0.496 e. The molecule has 19 heavy (non-hydrogen) atoms. The molecule has 0 saturated heterocycles. The lowest BCUT2D eigenvalue weighted by Crippen LogP contribution is -2.26. The summed E-state index contributed by atoms with van der Waals surface area (Å²) in [6, 6.07) is 6.41. The molecule has 2 rings (SSSR count). The van der Waals surface area contributed by atoms with Gasteiger partial charge in [0.1, 0.15) is 5.75 Å². The lowest BCUT2D eigenvalue weighted by molar-refractivity contribution is 0.254. The third-order valence-electron chi connectivity index (χ3n) is 3.73. The van der Waals surface area contributed by atoms with E-state index in [1.165, 1.54) is 37.9 Å². The van der Waals surface area contributed by atoms with Crippen molar-refractivity contribution in [2.75, 3.05) is 20.2 Å². The van der Waals surface area contributed by atoms with Gasteiger partial charge in [0.15, 0.2) is 0 Å². The van der Waals surface area contributed by atoms with E-state index in [4.69, 9.17) is 10.5 Å². The molecule has 0 unspecified atom stereocenters. The monoisotopic (exact) mass is 262 g/mol. The van der Waals surface area contributed by atoms with Crippen LogP contribution in [0.1, 0.15) is 37.3 Å². The first-order chi connectivity index (χ1) is 9.26. The maximum absolute atomic E-state index is 5.71. The first-order valence-electron chi connectivity index (χ1n) is 7.35. The van der Waals surface area contributed by atoms with E-state index in [2.05, 4.69) is 30.0 Å². The third-order valence-corrected chi connectivity index (χ3v) is 3.73. The largest absolute Gasteiger partial charge is 0.496 e. The first kappa shape index (κ1) is 14.4. The lowest BCUT2D eigenvalue weighted by atomic mass is 10.1. The van der Waals surface area contributed by atoms with Crippen LogP contribution in [0.4, 0.5) is 0 Å². The van der Waals surface area contributed by atoms with Gasteiger partial charge in [-0.3, -0.25) is 4.90 Å². The van der Waals surface area contributed by atoms with Crippen molar-refractivity contribution in [2.24, 2.45) is 11.7 Å². The second-order valence-electron chi connectivity index (χ2n) is 5.53. The smallest absolute Gasteiger partial charge is 0.123 e. The molecule has 1 aliphatic rings. The third kappa shape index (κ3) is 4.22. The van der Waals surface area contributed by atoms with E-state index in [-0.39, 0.29) is 0 Å². The number of hydrogen-bond acceptors (Lipinski definition) is 3. The molecule has 0 spiro atoms. The van der Waals surface area contributed by atoms with Gasteiger partial charge in [0, 0.05) is 25.2 Å². The molecule has 0 atom stereocenters. The summed E-state index contributed by atoms with van der Waals surface area (Å²) >= 11 is 0. The molecule has 0 amide bonds. The van der Waals surface area contributed by atoms with Crippen LogP contribution in [-0.4, -0.2) is 25.1 Å². The molecule has 0 bridgehead atoms. The van der Waals surface area contributed by atoms with Crippen LogP contribution in [0.2, 0.25) is 0 Å². The Balaban J connectivity index is 2.02. The average molecular weight is 262 g/mol. The van der Waals surface area contributed by atoms with Crippen molar-refractivity contribution < 1.29 is 4.74 Å². The highest BCUT2D eigenvalue weighted by molar-refractivity contribution is 5.37. The zero-order valence-electron chi connectivity index (χ0n) is 12.2. The van der Waals surface area contributed by atoms with Crippen LogP contribution in [0.5, 0.6) is 5.75 Å². The summed E-state index contributed by atoms with van der Waals surface area (Å²) < 4.78 is 5.41. The molecule has 1 fully saturated rings. The summed E-state index contributed by atoms with van der Waals surface area (Å²) in [7, 11) is 1.71. The summed E-state index contributed by atoms with van der Waals surface area (Å²) in [6.45, 7) is 6.22. The molecule has 3 nitrogen and oxygen atoms in total. The van der Waals surface area contributed by atoms with E-state index < -0.39 is 0 Å². The first-order valence-corrected chi connectivity index (χ1v) is 7.35. The molecule has 0 radical (unpaired) electrons. The second kappa shape index (κ2) is 6.92. The minimum atomic E-state index is 0.532. The summed E-state index contributed by atoms with van der Waals surface area (Å²) in [4.78, 5) is 2.56. The van der Waals surface area contributed by atoms with Gasteiger partial charge in [-0.1, -0.05) is 19.1 Å². The number of methoxy groups -OCH3 is 1. The maximum Gasteiger partial charge on any atom is 0.123 e. The highest BCUT2D eigenvalue weighted by Gasteiger charge is 2.24. The second-order valence-corrected chi connectivity index (χ2v) is 5.53. The molecule has 3 heteroatoms. The Morgan fingerprint density at radius 2 is 2.16 bits per heavy atom. The van der Waals surface area contributed by atoms with Crippen LogP contribution < -0.4 is 10.5 Å². The van der Waals surface area contributed by atoms with Crippen LogP contribution in [0.15, 0.2) is 18.2 Å². The van der Waals surface area contributed by atoms with Gasteiger partial charge in [0.2, 0.25) is 0 Å². The van der Waals surface area contributed by atoms with Crippen LogP contribution in [0.3, 0.4) is 0 Å². The van der Waals surface area contributed by atoms with E-state index in [0.29, 0.717) is 6.54 Å². The van der Waals surface area contributed by atoms with Crippen molar-refractivity contribution in [1.29, 1.82) is 0 Å². The van der Waals surface area contributed by atoms with E-state index in [1.54, 1.807) is 7.11 Å². The van der Waals surface area contributed by atoms with Crippen molar-refractivity contribution in [2.45, 2.75) is 39.3 Å². The van der Waals surface area contributed by atoms with E-state index in [1.807, 2.05) is 0 Å². The predicted molar refractivity (Wildman–Crippen MR) is 79.2 cm³/mol. The summed E-state index contributed by atoms with van der Waals surface area (Å²) in [5, 5.41) is 0. The maximum atomic E-state index is 5.71. The highest BCUT2D eigenvalue weighted by atomic mass is 16.5. The van der Waals surface area contributed by atoms with Crippen LogP contribution >= 0.6 is 0 Å². The number of ether oxygens (including phenoxy) is 1. The fourth-order valence-corrected chi connectivity index (χ4v) is 2.53. The number of nitrogens with two attached hydrogens (primary N) is 1. The Morgan fingerprint density at radius 1 is 1.37 bits per heavy atom. The van der Waals surface area contributed by atoms with Gasteiger partial charge in [-0.05, 0) is 43.4 Å². The molecule has 1 aromatic carbocycles. The van der Waals surface area contributed by atoms with Gasteiger partial charge >= 0.3 is 0 Å². The van der Waals surface area contributed by atoms with E-state index >= 15 is 0 Å². The van der Waals surface area contributed by atoms with Crippen molar-refractivity contribution in [3.05, 3.63) is 29.3 Å². The van der Waals surface area contributed by atoms with Crippen LogP contribution in [-0.2, 0) is 13.1 Å². The Morgan fingerprint density at radius 3 is 2.74 bits per heavy atom. The number of rotatable bonds is 8. The van der Waals surface area contributed by atoms with Gasteiger partial charge in [0.25, 0.3) is 0 Å². The van der Waals surface area contributed by atoms with Crippen molar-refractivity contribution in [1.82, 2.24) is 4.90 Å². The molecule has 1 aliphatic carbocycles. The summed E-state index contributed by atoms with van der Waals surface area (Å²) in [6.07, 6.45) is 4.04. The fourth-order valence-electron chi connectivity index (χ4n) is 2.53. The van der Waals surface area contributed by atoms with Gasteiger partial charge < -0.3 is 10.5 Å². The van der Waals surface area contributed by atoms with Crippen LogP contribution in [0, 0.1) is 5.92 Å². The van der Waals surface area contributed by atoms with Gasteiger partial charge in [-0.25, -0.2) is 0 Å². The average Bonchev–Trinajstić information content (AvgIpc) is 3.22. The minimum absolute atomic E-state index is 0.532. The standard InChI is InChI=1S/C16H26N2O/c1-3-8-18(11-13-4-5-13)12-14-6-7-15(10-17)16(9-14)19-2/h6-7,9,13H,3-5,8,10-12,17H2,1-2H3. The van der Waals surface area contributed by atoms with Gasteiger partial charge in [-0.2, -0.15) is 0 Å². The van der Waals surface area contributed by atoms with Crippen molar-refractivity contribution >= 4 is 0 Å². The highest BCUT2D eigenvalue weighted by Crippen LogP contribution is 2.30. The number of benzene rings is 1. The fraction of sp³-hybridized carbons (Fsp3) is 0.625. The zero-order valence-corrected chi connectivity index (χ0v) is 12.2. The molecule has 0 aromatic heterocycles. The molecule has 1 aromatic rings. The van der Waals surface area contributed by atoms with Gasteiger partial charge in [0.05, 0.1) is 7.11 Å². The van der Waals surface area contributed by atoms with Crippen LogP contribution in [0.25, 0.3) is 0 Å². The zero-order chi connectivity index (χ0) is 13.7. The lowest BCUT2D eigenvalue weighted by Gasteiger charge is -2.22. The molecule has 2 N–H and O–H groups in total. The van der Waals surface area contributed by atoms with Gasteiger partial charge in [-0.15, -0.1) is 0 Å². The topological polar surface area (TPSA) is 38.5 Å². The summed E-state index contributed by atoms with van der Waals surface area (Å²) in [5.74, 6) is 1.86. The molecule has 106 valence electrons. The Labute approximate surface area is 116 Å². The van der Waals surface area contributed by atoms with E-state index in [0.717, 1.165) is 23.8 Å². The van der Waals surface area contributed by atoms with E-state index in [9.17, 15) is 0 Å². The summed E-state index contributed by atoms with van der Waals surface area (Å²) in [5.41, 5.74) is 8.11. The SMILES string of the molecule is CCCN(Cc1ccc(CN)c(OC)c1)CC1CC1.